The molecule has 1 aromatic carbocycles. The van der Waals surface area contributed by atoms with Gasteiger partial charge in [-0.15, -0.1) is 5.92 Å². The Hall–Kier alpha value is -2.01. The zero-order valence-corrected chi connectivity index (χ0v) is 9.70. The number of rotatable bonds is 3. The van der Waals surface area contributed by atoms with Gasteiger partial charge in [-0.2, -0.15) is 0 Å². The second-order valence-corrected chi connectivity index (χ2v) is 3.24. The second-order valence-electron chi connectivity index (χ2n) is 3.24. The van der Waals surface area contributed by atoms with E-state index in [9.17, 15) is 4.79 Å². The smallest absolute Gasteiger partial charge is 0.163 e. The lowest BCUT2D eigenvalue weighted by atomic mass is 9.98. The largest absolute Gasteiger partial charge is 0.504 e. The van der Waals surface area contributed by atoms with E-state index in [1.54, 1.807) is 6.92 Å². The molecule has 0 atom stereocenters. The van der Waals surface area contributed by atoms with Crippen molar-refractivity contribution >= 4 is 11.4 Å². The van der Waals surface area contributed by atoms with Gasteiger partial charge < -0.3 is 4.74 Å². The molecule has 0 fully saturated rings. The molecule has 0 spiro atoms. The third-order valence-electron chi connectivity index (χ3n) is 2.09. The number of allylic oxidation sites excluding steroid dienone is 1. The van der Waals surface area contributed by atoms with E-state index in [-0.39, 0.29) is 5.78 Å². The monoisotopic (exact) mass is 214 g/mol. The Morgan fingerprint density at radius 1 is 1.38 bits per heavy atom. The molecule has 0 radical (unpaired) electrons. The molecule has 1 rings (SSSR count). The van der Waals surface area contributed by atoms with E-state index in [2.05, 4.69) is 11.8 Å². The molecule has 82 valence electrons. The van der Waals surface area contributed by atoms with E-state index in [4.69, 9.17) is 4.74 Å². The van der Waals surface area contributed by atoms with E-state index in [0.717, 1.165) is 11.1 Å². The van der Waals surface area contributed by atoms with Gasteiger partial charge in [-0.1, -0.05) is 24.1 Å². The lowest BCUT2D eigenvalue weighted by molar-refractivity contribution is -0.111. The number of methoxy groups -OCH3 is 1. The summed E-state index contributed by atoms with van der Waals surface area (Å²) in [6, 6.07) is 7.53. The maximum atomic E-state index is 11.5. The minimum Gasteiger partial charge on any atom is -0.504 e. The Morgan fingerprint density at radius 3 is 2.62 bits per heavy atom. The molecule has 1 aromatic rings. The van der Waals surface area contributed by atoms with Gasteiger partial charge in [-0.3, -0.25) is 4.79 Å². The van der Waals surface area contributed by atoms with E-state index in [1.165, 1.54) is 20.3 Å². The van der Waals surface area contributed by atoms with Crippen LogP contribution in [0.2, 0.25) is 0 Å². The van der Waals surface area contributed by atoms with Crippen molar-refractivity contribution in [3.63, 3.8) is 0 Å². The zero-order chi connectivity index (χ0) is 12.0. The van der Waals surface area contributed by atoms with Crippen molar-refractivity contribution in [2.45, 2.75) is 13.8 Å². The van der Waals surface area contributed by atoms with E-state index in [1.807, 2.05) is 24.3 Å². The Labute approximate surface area is 95.9 Å². The van der Waals surface area contributed by atoms with Gasteiger partial charge in [0.05, 0.1) is 18.9 Å². The average molecular weight is 214 g/mol. The number of Topliss-reactive ketones (excluding diaryl/α,β-unsaturated/α-hetero) is 1. The summed E-state index contributed by atoms with van der Waals surface area (Å²) in [6.45, 7) is 3.28. The Kier molecular flexibility index (Phi) is 4.35. The quantitative estimate of drug-likeness (QED) is 0.439. The summed E-state index contributed by atoms with van der Waals surface area (Å²) in [5.41, 5.74) is 2.19. The maximum Gasteiger partial charge on any atom is 0.163 e. The third kappa shape index (κ3) is 2.74. The fraction of sp³-hybridized carbons (Fsp3) is 0.214. The van der Waals surface area contributed by atoms with Gasteiger partial charge in [-0.05, 0) is 19.9 Å². The van der Waals surface area contributed by atoms with Crippen LogP contribution in [0.1, 0.15) is 25.0 Å². The van der Waals surface area contributed by atoms with Crippen LogP contribution in [0.4, 0.5) is 0 Å². The highest BCUT2D eigenvalue weighted by atomic mass is 16.5. The molecule has 16 heavy (non-hydrogen) atoms. The van der Waals surface area contributed by atoms with E-state index >= 15 is 0 Å². The standard InChI is InChI=1S/C14H14O2/c1-4-7-12-8-5-6-9-13(12)14(10-16-3)11(2)15/h5-6,8-10H,1-3H3/b14-10-. The molecule has 0 bridgehead atoms. The lowest BCUT2D eigenvalue weighted by Crippen LogP contribution is -1.99. The first kappa shape index (κ1) is 12.1. The van der Waals surface area contributed by atoms with Gasteiger partial charge in [-0.25, -0.2) is 0 Å². The van der Waals surface area contributed by atoms with Crippen molar-refractivity contribution in [3.05, 3.63) is 41.7 Å². The van der Waals surface area contributed by atoms with Crippen molar-refractivity contribution in [1.82, 2.24) is 0 Å². The number of carbonyl (C=O) groups is 1. The highest BCUT2D eigenvalue weighted by Crippen LogP contribution is 2.19. The molecule has 0 heterocycles. The van der Waals surface area contributed by atoms with Gasteiger partial charge >= 0.3 is 0 Å². The maximum absolute atomic E-state index is 11.5. The third-order valence-corrected chi connectivity index (χ3v) is 2.09. The number of benzene rings is 1. The number of carbonyl (C=O) groups excluding carboxylic acids is 1. The molecule has 0 saturated carbocycles. The van der Waals surface area contributed by atoms with Crippen LogP contribution in [0.5, 0.6) is 0 Å². The first-order chi connectivity index (χ1) is 7.70. The van der Waals surface area contributed by atoms with Crippen LogP contribution in [0, 0.1) is 11.8 Å². The zero-order valence-electron chi connectivity index (χ0n) is 9.70. The van der Waals surface area contributed by atoms with Crippen molar-refractivity contribution in [2.24, 2.45) is 0 Å². The fourth-order valence-corrected chi connectivity index (χ4v) is 1.42. The van der Waals surface area contributed by atoms with Crippen LogP contribution in [0.15, 0.2) is 30.5 Å². The number of ketones is 1. The minimum absolute atomic E-state index is 0.0350. The summed E-state index contributed by atoms with van der Waals surface area (Å²) < 4.78 is 4.92. The minimum atomic E-state index is -0.0350. The molecule has 0 amide bonds. The van der Waals surface area contributed by atoms with E-state index < -0.39 is 0 Å². The van der Waals surface area contributed by atoms with Crippen molar-refractivity contribution < 1.29 is 9.53 Å². The van der Waals surface area contributed by atoms with Gasteiger partial charge in [0.15, 0.2) is 5.78 Å². The summed E-state index contributed by atoms with van der Waals surface area (Å²) in [5, 5.41) is 0. The van der Waals surface area contributed by atoms with Gasteiger partial charge in [0.1, 0.15) is 0 Å². The molecule has 2 nitrogen and oxygen atoms in total. The molecule has 0 saturated heterocycles. The second kappa shape index (κ2) is 5.77. The van der Waals surface area contributed by atoms with Crippen molar-refractivity contribution in [3.8, 4) is 11.8 Å². The molecular formula is C14H14O2. The Balaban J connectivity index is 3.33. The van der Waals surface area contributed by atoms with Gasteiger partial charge in [0.25, 0.3) is 0 Å². The highest BCUT2D eigenvalue weighted by Gasteiger charge is 2.10. The SMILES string of the molecule is CC#Cc1ccccc1/C(=C\OC)C(C)=O. The first-order valence-electron chi connectivity index (χ1n) is 4.96. The molecule has 0 N–H and O–H groups in total. The molecule has 0 aliphatic carbocycles. The molecule has 0 unspecified atom stereocenters. The summed E-state index contributed by atoms with van der Waals surface area (Å²) in [4.78, 5) is 11.5. The van der Waals surface area contributed by atoms with Crippen LogP contribution in [0.25, 0.3) is 5.57 Å². The van der Waals surface area contributed by atoms with Gasteiger partial charge in [0, 0.05) is 11.1 Å². The number of ether oxygens (including phenoxy) is 1. The fourth-order valence-electron chi connectivity index (χ4n) is 1.42. The van der Waals surface area contributed by atoms with Crippen LogP contribution < -0.4 is 0 Å². The average Bonchev–Trinajstić information content (AvgIpc) is 2.27. The van der Waals surface area contributed by atoms with Gasteiger partial charge in [0.2, 0.25) is 0 Å². The summed E-state index contributed by atoms with van der Waals surface area (Å²) >= 11 is 0. The normalized spacial score (nSPS) is 10.3. The number of hydrogen-bond acceptors (Lipinski definition) is 2. The summed E-state index contributed by atoms with van der Waals surface area (Å²) in [7, 11) is 1.52. The molecule has 0 aliphatic rings. The highest BCUT2D eigenvalue weighted by molar-refractivity contribution is 6.19. The number of hydrogen-bond donors (Lipinski definition) is 0. The Morgan fingerprint density at radius 2 is 2.06 bits per heavy atom. The van der Waals surface area contributed by atoms with Crippen LogP contribution >= 0.6 is 0 Å². The van der Waals surface area contributed by atoms with Crippen molar-refractivity contribution in [2.75, 3.05) is 7.11 Å². The molecular weight excluding hydrogens is 200 g/mol. The Bertz CT molecular complexity index is 473. The summed E-state index contributed by atoms with van der Waals surface area (Å²) in [5.74, 6) is 5.77. The predicted octanol–water partition coefficient (Wildman–Crippen LogP) is 2.63. The lowest BCUT2D eigenvalue weighted by Gasteiger charge is -2.06. The van der Waals surface area contributed by atoms with Crippen molar-refractivity contribution in [1.29, 1.82) is 0 Å². The molecule has 0 aliphatic heterocycles. The predicted molar refractivity (Wildman–Crippen MR) is 64.7 cm³/mol. The topological polar surface area (TPSA) is 26.3 Å². The van der Waals surface area contributed by atoms with Crippen LogP contribution in [-0.4, -0.2) is 12.9 Å². The molecule has 0 aromatic heterocycles. The first-order valence-corrected chi connectivity index (χ1v) is 4.96. The summed E-state index contributed by atoms with van der Waals surface area (Å²) in [6.07, 6.45) is 1.46. The molecule has 2 heteroatoms. The van der Waals surface area contributed by atoms with Crippen LogP contribution in [0.3, 0.4) is 0 Å². The van der Waals surface area contributed by atoms with E-state index in [0.29, 0.717) is 5.57 Å². The van der Waals surface area contributed by atoms with Crippen LogP contribution in [-0.2, 0) is 9.53 Å².